The summed E-state index contributed by atoms with van der Waals surface area (Å²) >= 11 is 0. The molecule has 3 aliphatic heterocycles. The number of hydrogen-bond donors (Lipinski definition) is 2. The molecule has 10 nitrogen and oxygen atoms in total. The first kappa shape index (κ1) is 29.9. The molecule has 3 fully saturated rings. The van der Waals surface area contributed by atoms with Gasteiger partial charge >= 0.3 is 0 Å². The normalized spacial score (nSPS) is 23.4. The standard InChI is InChI=1S/C30H44N6O4S/c1-21-7-9-23(10-8-21)27-6-4-5-26(40-27)19-31-29-22(2)28(32-20-33-29)30(37)36-17-13-25(14-18-36)35-15-11-24(12-16-35)34-41(3,38)39/h7-10,20,24-27,34H,4-6,11-19H2,1-3H3,(H,31,32,33)/t26?,27-/m0/s1. The van der Waals surface area contributed by atoms with Crippen molar-refractivity contribution in [2.45, 2.75) is 83.1 Å². The van der Waals surface area contributed by atoms with Gasteiger partial charge in [0.1, 0.15) is 17.8 Å². The molecule has 5 rings (SSSR count). The van der Waals surface area contributed by atoms with Crippen LogP contribution in [0.2, 0.25) is 0 Å². The minimum absolute atomic E-state index is 0.0192. The van der Waals surface area contributed by atoms with E-state index in [4.69, 9.17) is 4.74 Å². The van der Waals surface area contributed by atoms with Gasteiger partial charge in [0.2, 0.25) is 10.0 Å². The molecule has 0 spiro atoms. The third-order valence-electron chi connectivity index (χ3n) is 8.76. The average molecular weight is 585 g/mol. The number of carbonyl (C=O) groups is 1. The molecule has 0 aliphatic carbocycles. The van der Waals surface area contributed by atoms with Crippen LogP contribution in [0, 0.1) is 13.8 Å². The molecular weight excluding hydrogens is 540 g/mol. The predicted octanol–water partition coefficient (Wildman–Crippen LogP) is 3.43. The quantitative estimate of drug-likeness (QED) is 0.485. The van der Waals surface area contributed by atoms with Crippen molar-refractivity contribution in [3.05, 3.63) is 53.0 Å². The minimum Gasteiger partial charge on any atom is -0.368 e. The highest BCUT2D eigenvalue weighted by molar-refractivity contribution is 7.88. The Morgan fingerprint density at radius 1 is 0.976 bits per heavy atom. The number of ether oxygens (including phenoxy) is 1. The summed E-state index contributed by atoms with van der Waals surface area (Å²) in [6.45, 7) is 7.77. The molecule has 2 aromatic rings. The van der Waals surface area contributed by atoms with Crippen molar-refractivity contribution in [2.24, 2.45) is 0 Å². The fourth-order valence-corrected chi connectivity index (χ4v) is 7.24. The zero-order chi connectivity index (χ0) is 29.0. The molecule has 0 bridgehead atoms. The van der Waals surface area contributed by atoms with Gasteiger partial charge in [-0.3, -0.25) is 4.79 Å². The van der Waals surface area contributed by atoms with Crippen LogP contribution in [0.5, 0.6) is 0 Å². The number of nitrogens with zero attached hydrogens (tertiary/aromatic N) is 4. The van der Waals surface area contributed by atoms with Crippen molar-refractivity contribution in [3.8, 4) is 0 Å². The van der Waals surface area contributed by atoms with Crippen LogP contribution in [0.4, 0.5) is 5.82 Å². The monoisotopic (exact) mass is 584 g/mol. The van der Waals surface area contributed by atoms with Crippen molar-refractivity contribution in [2.75, 3.05) is 44.3 Å². The van der Waals surface area contributed by atoms with E-state index < -0.39 is 10.0 Å². The maximum absolute atomic E-state index is 13.5. The number of rotatable bonds is 8. The van der Waals surface area contributed by atoms with E-state index in [1.165, 1.54) is 23.7 Å². The van der Waals surface area contributed by atoms with Gasteiger partial charge in [-0.05, 0) is 77.4 Å². The van der Waals surface area contributed by atoms with Crippen molar-refractivity contribution in [1.82, 2.24) is 24.5 Å². The van der Waals surface area contributed by atoms with Crippen LogP contribution in [0.15, 0.2) is 30.6 Å². The van der Waals surface area contributed by atoms with Gasteiger partial charge in [-0.2, -0.15) is 0 Å². The average Bonchev–Trinajstić information content (AvgIpc) is 2.96. The lowest BCUT2D eigenvalue weighted by molar-refractivity contribution is -0.0442. The number of benzene rings is 1. The summed E-state index contributed by atoms with van der Waals surface area (Å²) in [5.74, 6) is 0.640. The highest BCUT2D eigenvalue weighted by Crippen LogP contribution is 2.32. The molecule has 4 heterocycles. The van der Waals surface area contributed by atoms with Crippen molar-refractivity contribution >= 4 is 21.7 Å². The predicted molar refractivity (Wildman–Crippen MR) is 159 cm³/mol. The van der Waals surface area contributed by atoms with Gasteiger partial charge in [0, 0.05) is 37.3 Å². The third-order valence-corrected chi connectivity index (χ3v) is 9.52. The van der Waals surface area contributed by atoms with Crippen LogP contribution in [0.3, 0.4) is 0 Å². The Morgan fingerprint density at radius 3 is 2.37 bits per heavy atom. The fourth-order valence-electron chi connectivity index (χ4n) is 6.40. The first-order valence-electron chi connectivity index (χ1n) is 14.9. The second-order valence-corrected chi connectivity index (χ2v) is 13.7. The third kappa shape index (κ3) is 7.82. The Labute approximate surface area is 244 Å². The molecule has 1 unspecified atom stereocenters. The van der Waals surface area contributed by atoms with Crippen LogP contribution >= 0.6 is 0 Å². The second-order valence-electron chi connectivity index (χ2n) is 11.9. The number of sulfonamides is 1. The largest absolute Gasteiger partial charge is 0.368 e. The number of hydrogen-bond acceptors (Lipinski definition) is 8. The van der Waals surface area contributed by atoms with Crippen molar-refractivity contribution in [1.29, 1.82) is 0 Å². The number of anilines is 1. The highest BCUT2D eigenvalue weighted by atomic mass is 32.2. The fraction of sp³-hybridized carbons (Fsp3) is 0.633. The SMILES string of the molecule is Cc1ccc([C@@H]2CCCC(CNc3ncnc(C(=O)N4CCC(N5CCC(NS(C)(=O)=O)CC5)CC4)c3C)O2)cc1. The zero-order valence-corrected chi connectivity index (χ0v) is 25.3. The second kappa shape index (κ2) is 13.1. The number of likely N-dealkylation sites (tertiary alicyclic amines) is 2. The van der Waals surface area contributed by atoms with Gasteiger partial charge < -0.3 is 19.9 Å². The summed E-state index contributed by atoms with van der Waals surface area (Å²) in [5.41, 5.74) is 3.70. The molecule has 1 amide bonds. The van der Waals surface area contributed by atoms with Crippen LogP contribution in [0.1, 0.15) is 78.2 Å². The van der Waals surface area contributed by atoms with E-state index in [9.17, 15) is 13.2 Å². The zero-order valence-electron chi connectivity index (χ0n) is 24.5. The Hall–Kier alpha value is -2.60. The molecule has 41 heavy (non-hydrogen) atoms. The smallest absolute Gasteiger partial charge is 0.272 e. The van der Waals surface area contributed by atoms with Crippen molar-refractivity contribution < 1.29 is 17.9 Å². The van der Waals surface area contributed by atoms with E-state index in [-0.39, 0.29) is 24.2 Å². The Morgan fingerprint density at radius 2 is 1.68 bits per heavy atom. The summed E-state index contributed by atoms with van der Waals surface area (Å²) in [5, 5.41) is 3.43. The summed E-state index contributed by atoms with van der Waals surface area (Å²) in [4.78, 5) is 26.6. The molecule has 3 aliphatic rings. The molecule has 3 saturated heterocycles. The highest BCUT2D eigenvalue weighted by Gasteiger charge is 2.32. The molecule has 2 atom stereocenters. The van der Waals surface area contributed by atoms with Crippen LogP contribution in [-0.4, -0.2) is 91.3 Å². The minimum atomic E-state index is -3.17. The Kier molecular flexibility index (Phi) is 9.58. The summed E-state index contributed by atoms with van der Waals surface area (Å²) in [7, 11) is -3.17. The van der Waals surface area contributed by atoms with Gasteiger partial charge in [-0.25, -0.2) is 23.1 Å². The van der Waals surface area contributed by atoms with Gasteiger partial charge in [-0.1, -0.05) is 29.8 Å². The molecule has 2 N–H and O–H groups in total. The lowest BCUT2D eigenvalue weighted by atomic mass is 9.97. The van der Waals surface area contributed by atoms with Crippen LogP contribution < -0.4 is 10.0 Å². The molecule has 1 aromatic carbocycles. The van der Waals surface area contributed by atoms with E-state index in [1.54, 1.807) is 0 Å². The topological polar surface area (TPSA) is 117 Å². The first-order chi connectivity index (χ1) is 19.7. The van der Waals surface area contributed by atoms with Gasteiger partial charge in [0.15, 0.2) is 0 Å². The molecular formula is C30H44N6O4S. The van der Waals surface area contributed by atoms with E-state index >= 15 is 0 Å². The number of nitrogens with one attached hydrogen (secondary N) is 2. The van der Waals surface area contributed by atoms with Gasteiger partial charge in [0.05, 0.1) is 18.5 Å². The molecule has 0 saturated carbocycles. The van der Waals surface area contributed by atoms with Gasteiger partial charge in [0.25, 0.3) is 5.91 Å². The molecule has 0 radical (unpaired) electrons. The lowest BCUT2D eigenvalue weighted by Crippen LogP contribution is -2.51. The first-order valence-corrected chi connectivity index (χ1v) is 16.8. The Bertz CT molecular complexity index is 1290. The number of aryl methyl sites for hydroxylation is 1. The maximum Gasteiger partial charge on any atom is 0.272 e. The van der Waals surface area contributed by atoms with Crippen LogP contribution in [0.25, 0.3) is 0 Å². The lowest BCUT2D eigenvalue weighted by Gasteiger charge is -2.41. The summed E-state index contributed by atoms with van der Waals surface area (Å²) in [6, 6.07) is 9.03. The molecule has 11 heteroatoms. The maximum atomic E-state index is 13.5. The van der Waals surface area contributed by atoms with Crippen LogP contribution in [-0.2, 0) is 14.8 Å². The Balaban J connectivity index is 1.11. The van der Waals surface area contributed by atoms with E-state index in [0.717, 1.165) is 63.6 Å². The van der Waals surface area contributed by atoms with E-state index in [2.05, 4.69) is 56.1 Å². The number of piperidine rings is 2. The van der Waals surface area contributed by atoms with Gasteiger partial charge in [-0.15, -0.1) is 0 Å². The van der Waals surface area contributed by atoms with Crippen molar-refractivity contribution in [3.63, 3.8) is 0 Å². The number of amides is 1. The summed E-state index contributed by atoms with van der Waals surface area (Å²) < 4.78 is 32.2. The van der Waals surface area contributed by atoms with E-state index in [1.807, 2.05) is 11.8 Å². The summed E-state index contributed by atoms with van der Waals surface area (Å²) in [6.07, 6.45) is 9.47. The molecule has 1 aromatic heterocycles. The van der Waals surface area contributed by atoms with E-state index in [0.29, 0.717) is 37.2 Å². The number of aromatic nitrogens is 2. The number of carbonyl (C=O) groups excluding carboxylic acids is 1. The molecule has 224 valence electrons.